The predicted molar refractivity (Wildman–Crippen MR) is 74.7 cm³/mol. The molecule has 2 N–H and O–H groups in total. The Morgan fingerprint density at radius 2 is 2.29 bits per heavy atom. The van der Waals surface area contributed by atoms with Crippen LogP contribution in [0.15, 0.2) is 22.9 Å². The number of pyridine rings is 1. The number of nitrogens with two attached hydrogens (primary N) is 1. The van der Waals surface area contributed by atoms with Crippen molar-refractivity contribution in [3.05, 3.63) is 28.5 Å². The smallest absolute Gasteiger partial charge is 0.0410 e. The van der Waals surface area contributed by atoms with Gasteiger partial charge < -0.3 is 5.73 Å². The van der Waals surface area contributed by atoms with Gasteiger partial charge >= 0.3 is 0 Å². The van der Waals surface area contributed by atoms with Crippen LogP contribution in [0.2, 0.25) is 0 Å². The lowest BCUT2D eigenvalue weighted by Gasteiger charge is -2.19. The second-order valence-electron chi connectivity index (χ2n) is 5.23. The Morgan fingerprint density at radius 1 is 1.47 bits per heavy atom. The summed E-state index contributed by atoms with van der Waals surface area (Å²) >= 11 is 3.45. The van der Waals surface area contributed by atoms with E-state index >= 15 is 0 Å². The molecule has 0 aromatic carbocycles. The zero-order valence-electron chi connectivity index (χ0n) is 10.4. The highest BCUT2D eigenvalue weighted by Crippen LogP contribution is 2.35. The monoisotopic (exact) mass is 296 g/mol. The molecule has 0 radical (unpaired) electrons. The van der Waals surface area contributed by atoms with Crippen LogP contribution in [-0.4, -0.2) is 11.0 Å². The van der Waals surface area contributed by atoms with Gasteiger partial charge in [-0.05, 0) is 58.7 Å². The molecular weight excluding hydrogens is 276 g/mol. The molecule has 3 unspecified atom stereocenters. The SMILES string of the molecule is CCC1CCC(C(N)Cc2cncc(Br)c2)C1. The fourth-order valence-corrected chi connectivity index (χ4v) is 3.29. The molecule has 0 aliphatic heterocycles. The van der Waals surface area contributed by atoms with Crippen molar-refractivity contribution < 1.29 is 0 Å². The van der Waals surface area contributed by atoms with Crippen LogP contribution in [0.5, 0.6) is 0 Å². The van der Waals surface area contributed by atoms with E-state index in [1.165, 1.54) is 31.2 Å². The van der Waals surface area contributed by atoms with Crippen molar-refractivity contribution in [1.82, 2.24) is 4.98 Å². The van der Waals surface area contributed by atoms with Crippen molar-refractivity contribution >= 4 is 15.9 Å². The Morgan fingerprint density at radius 3 is 2.94 bits per heavy atom. The minimum Gasteiger partial charge on any atom is -0.327 e. The molecule has 1 aliphatic carbocycles. The van der Waals surface area contributed by atoms with Gasteiger partial charge in [-0.1, -0.05) is 19.8 Å². The third-order valence-corrected chi connectivity index (χ3v) is 4.43. The van der Waals surface area contributed by atoms with Gasteiger partial charge in [-0.15, -0.1) is 0 Å². The van der Waals surface area contributed by atoms with Crippen molar-refractivity contribution in [3.8, 4) is 0 Å². The molecule has 1 aromatic heterocycles. The van der Waals surface area contributed by atoms with Gasteiger partial charge in [0.2, 0.25) is 0 Å². The molecule has 0 saturated heterocycles. The Labute approximate surface area is 112 Å². The van der Waals surface area contributed by atoms with Gasteiger partial charge in [0.05, 0.1) is 0 Å². The van der Waals surface area contributed by atoms with Crippen LogP contribution >= 0.6 is 15.9 Å². The molecule has 3 atom stereocenters. The van der Waals surface area contributed by atoms with Gasteiger partial charge in [-0.2, -0.15) is 0 Å². The van der Waals surface area contributed by atoms with Crippen molar-refractivity contribution in [2.75, 3.05) is 0 Å². The molecular formula is C14H21BrN2. The third kappa shape index (κ3) is 3.52. The first-order chi connectivity index (χ1) is 8.19. The molecule has 0 spiro atoms. The number of nitrogens with zero attached hydrogens (tertiary/aromatic N) is 1. The summed E-state index contributed by atoms with van der Waals surface area (Å²) < 4.78 is 1.04. The van der Waals surface area contributed by atoms with Crippen LogP contribution < -0.4 is 5.73 Å². The summed E-state index contributed by atoms with van der Waals surface area (Å²) in [7, 11) is 0. The first-order valence-electron chi connectivity index (χ1n) is 6.54. The van der Waals surface area contributed by atoms with Crippen LogP contribution in [0.25, 0.3) is 0 Å². The summed E-state index contributed by atoms with van der Waals surface area (Å²) in [5, 5.41) is 0. The van der Waals surface area contributed by atoms with Crippen LogP contribution in [0.4, 0.5) is 0 Å². The van der Waals surface area contributed by atoms with E-state index in [0.717, 1.165) is 16.8 Å². The number of halogens is 1. The maximum Gasteiger partial charge on any atom is 0.0410 e. The number of hydrogen-bond donors (Lipinski definition) is 1. The van der Waals surface area contributed by atoms with E-state index in [0.29, 0.717) is 12.0 Å². The Balaban J connectivity index is 1.91. The van der Waals surface area contributed by atoms with Gasteiger partial charge in [-0.3, -0.25) is 4.98 Å². The van der Waals surface area contributed by atoms with Gasteiger partial charge in [0, 0.05) is 22.9 Å². The van der Waals surface area contributed by atoms with Crippen LogP contribution in [0, 0.1) is 11.8 Å². The fourth-order valence-electron chi connectivity index (χ4n) is 2.88. The Kier molecular flexibility index (Phi) is 4.57. The minimum absolute atomic E-state index is 0.294. The van der Waals surface area contributed by atoms with Gasteiger partial charge in [-0.25, -0.2) is 0 Å². The molecule has 1 saturated carbocycles. The molecule has 17 heavy (non-hydrogen) atoms. The first-order valence-corrected chi connectivity index (χ1v) is 7.33. The summed E-state index contributed by atoms with van der Waals surface area (Å²) in [5.41, 5.74) is 7.58. The van der Waals surface area contributed by atoms with E-state index in [2.05, 4.69) is 33.9 Å². The molecule has 94 valence electrons. The summed E-state index contributed by atoms with van der Waals surface area (Å²) in [6, 6.07) is 2.42. The molecule has 1 aromatic rings. The van der Waals surface area contributed by atoms with E-state index in [9.17, 15) is 0 Å². The molecule has 0 amide bonds. The van der Waals surface area contributed by atoms with Gasteiger partial charge in [0.25, 0.3) is 0 Å². The maximum absolute atomic E-state index is 6.33. The minimum atomic E-state index is 0.294. The second-order valence-corrected chi connectivity index (χ2v) is 6.14. The van der Waals surface area contributed by atoms with E-state index in [1.54, 1.807) is 0 Å². The zero-order chi connectivity index (χ0) is 12.3. The van der Waals surface area contributed by atoms with Crippen LogP contribution in [0.3, 0.4) is 0 Å². The van der Waals surface area contributed by atoms with E-state index in [-0.39, 0.29) is 0 Å². The van der Waals surface area contributed by atoms with Crippen molar-refractivity contribution in [2.24, 2.45) is 17.6 Å². The molecule has 1 heterocycles. The molecule has 2 rings (SSSR count). The van der Waals surface area contributed by atoms with Gasteiger partial charge in [0.1, 0.15) is 0 Å². The lowest BCUT2D eigenvalue weighted by Crippen LogP contribution is -2.31. The van der Waals surface area contributed by atoms with E-state index in [1.807, 2.05) is 12.4 Å². The topological polar surface area (TPSA) is 38.9 Å². The normalized spacial score (nSPS) is 26.1. The largest absolute Gasteiger partial charge is 0.327 e. The molecule has 1 aliphatic rings. The Bertz CT molecular complexity index is 367. The fraction of sp³-hybridized carbons (Fsp3) is 0.643. The first kappa shape index (κ1) is 13.0. The second kappa shape index (κ2) is 5.96. The highest BCUT2D eigenvalue weighted by molar-refractivity contribution is 9.10. The van der Waals surface area contributed by atoms with Crippen molar-refractivity contribution in [2.45, 2.75) is 45.1 Å². The number of hydrogen-bond acceptors (Lipinski definition) is 2. The summed E-state index contributed by atoms with van der Waals surface area (Å²) in [6.07, 6.45) is 10.00. The standard InChI is InChI=1S/C14H21BrN2/c1-2-10-3-4-12(5-10)14(16)7-11-6-13(15)9-17-8-11/h6,8-10,12,14H,2-5,7,16H2,1H3. The van der Waals surface area contributed by atoms with Crippen molar-refractivity contribution in [1.29, 1.82) is 0 Å². The quantitative estimate of drug-likeness (QED) is 0.923. The average Bonchev–Trinajstić information content (AvgIpc) is 2.77. The number of rotatable bonds is 4. The molecule has 0 bridgehead atoms. The van der Waals surface area contributed by atoms with Gasteiger partial charge in [0.15, 0.2) is 0 Å². The molecule has 3 heteroatoms. The van der Waals surface area contributed by atoms with E-state index < -0.39 is 0 Å². The lowest BCUT2D eigenvalue weighted by molar-refractivity contribution is 0.405. The summed E-state index contributed by atoms with van der Waals surface area (Å²) in [4.78, 5) is 4.19. The predicted octanol–water partition coefficient (Wildman–Crippen LogP) is 3.54. The van der Waals surface area contributed by atoms with Crippen LogP contribution in [-0.2, 0) is 6.42 Å². The highest BCUT2D eigenvalue weighted by atomic mass is 79.9. The summed E-state index contributed by atoms with van der Waals surface area (Å²) in [6.45, 7) is 2.29. The number of aromatic nitrogens is 1. The molecule has 1 fully saturated rings. The lowest BCUT2D eigenvalue weighted by atomic mass is 9.92. The van der Waals surface area contributed by atoms with Crippen molar-refractivity contribution in [3.63, 3.8) is 0 Å². The highest BCUT2D eigenvalue weighted by Gasteiger charge is 2.27. The third-order valence-electron chi connectivity index (χ3n) is 4.00. The summed E-state index contributed by atoms with van der Waals surface area (Å²) in [5.74, 6) is 1.62. The zero-order valence-corrected chi connectivity index (χ0v) is 12.0. The average molecular weight is 297 g/mol. The van der Waals surface area contributed by atoms with E-state index in [4.69, 9.17) is 5.73 Å². The Hall–Kier alpha value is -0.410. The molecule has 2 nitrogen and oxygen atoms in total. The maximum atomic E-state index is 6.33. The van der Waals surface area contributed by atoms with Crippen LogP contribution in [0.1, 0.15) is 38.2 Å².